The van der Waals surface area contributed by atoms with Gasteiger partial charge in [0.25, 0.3) is 5.91 Å². The summed E-state index contributed by atoms with van der Waals surface area (Å²) in [6.45, 7) is 3.45. The highest BCUT2D eigenvalue weighted by Crippen LogP contribution is 2.23. The smallest absolute Gasteiger partial charge is 0.275 e. The second kappa shape index (κ2) is 4.88. The Balaban J connectivity index is 2.15. The van der Waals surface area contributed by atoms with Gasteiger partial charge >= 0.3 is 0 Å². The van der Waals surface area contributed by atoms with Crippen LogP contribution in [-0.2, 0) is 0 Å². The van der Waals surface area contributed by atoms with Crippen molar-refractivity contribution >= 4 is 17.6 Å². The van der Waals surface area contributed by atoms with E-state index in [9.17, 15) is 4.79 Å². The number of carbonyl (C=O) groups is 1. The molecule has 5 nitrogen and oxygen atoms in total. The molecule has 0 spiro atoms. The first kappa shape index (κ1) is 11.5. The zero-order valence-corrected chi connectivity index (χ0v) is 10.1. The minimum Gasteiger partial charge on any atom is -0.333 e. The maximum absolute atomic E-state index is 12.2. The molecule has 0 bridgehead atoms. The number of hydrogen-bond donors (Lipinski definition) is 1. The summed E-state index contributed by atoms with van der Waals surface area (Å²) in [4.78, 5) is 14.0. The van der Waals surface area contributed by atoms with Gasteiger partial charge in [-0.3, -0.25) is 4.79 Å². The van der Waals surface area contributed by atoms with E-state index in [4.69, 9.17) is 5.73 Å². The second-order valence-electron chi connectivity index (χ2n) is 4.21. The number of nitrogens with zero attached hydrogens (tertiary/aromatic N) is 3. The van der Waals surface area contributed by atoms with Crippen molar-refractivity contribution in [2.24, 2.45) is 11.7 Å². The molecular weight excluding hydrogens is 224 g/mol. The lowest BCUT2D eigenvalue weighted by Crippen LogP contribution is -2.51. The lowest BCUT2D eigenvalue weighted by atomic mass is 9.90. The van der Waals surface area contributed by atoms with Crippen molar-refractivity contribution in [3.05, 3.63) is 11.9 Å². The Morgan fingerprint density at radius 1 is 1.75 bits per heavy atom. The van der Waals surface area contributed by atoms with E-state index in [0.29, 0.717) is 18.2 Å². The predicted octanol–water partition coefficient (Wildman–Crippen LogP) is 0.737. The minimum absolute atomic E-state index is 0.0317. The monoisotopic (exact) mass is 240 g/mol. The van der Waals surface area contributed by atoms with E-state index in [-0.39, 0.29) is 11.9 Å². The maximum atomic E-state index is 12.2. The summed E-state index contributed by atoms with van der Waals surface area (Å²) >= 11 is 1.06. The van der Waals surface area contributed by atoms with Crippen LogP contribution in [0.2, 0.25) is 0 Å². The zero-order valence-electron chi connectivity index (χ0n) is 9.30. The highest BCUT2D eigenvalue weighted by atomic mass is 32.1. The molecule has 1 aromatic heterocycles. The molecule has 1 aliphatic heterocycles. The van der Waals surface area contributed by atoms with E-state index in [2.05, 4.69) is 15.7 Å². The normalized spacial score (nSPS) is 25.8. The fourth-order valence-corrected chi connectivity index (χ4v) is 2.67. The topological polar surface area (TPSA) is 72.1 Å². The number of carbonyl (C=O) groups excluding carboxylic acids is 1. The fraction of sp³-hybridized carbons (Fsp3) is 0.700. The van der Waals surface area contributed by atoms with Crippen molar-refractivity contribution in [2.45, 2.75) is 25.8 Å². The quantitative estimate of drug-likeness (QED) is 0.827. The van der Waals surface area contributed by atoms with E-state index >= 15 is 0 Å². The van der Waals surface area contributed by atoms with Gasteiger partial charge in [-0.1, -0.05) is 6.92 Å². The minimum atomic E-state index is -0.0317. The van der Waals surface area contributed by atoms with Crippen molar-refractivity contribution in [2.75, 3.05) is 13.1 Å². The number of likely N-dealkylation sites (tertiary alicyclic amines) is 1. The van der Waals surface area contributed by atoms with E-state index < -0.39 is 0 Å². The summed E-state index contributed by atoms with van der Waals surface area (Å²) < 4.78 is 7.84. The maximum Gasteiger partial charge on any atom is 0.275 e. The van der Waals surface area contributed by atoms with Gasteiger partial charge in [0.15, 0.2) is 5.69 Å². The van der Waals surface area contributed by atoms with Crippen molar-refractivity contribution in [1.82, 2.24) is 13.6 Å². The van der Waals surface area contributed by atoms with Crippen LogP contribution < -0.4 is 5.73 Å². The third kappa shape index (κ3) is 2.08. The van der Waals surface area contributed by atoms with Crippen molar-refractivity contribution < 1.29 is 4.79 Å². The lowest BCUT2D eigenvalue weighted by Gasteiger charge is -2.39. The van der Waals surface area contributed by atoms with Gasteiger partial charge in [0.2, 0.25) is 0 Å². The van der Waals surface area contributed by atoms with Gasteiger partial charge in [-0.25, -0.2) is 0 Å². The molecule has 16 heavy (non-hydrogen) atoms. The molecule has 1 aliphatic rings. The van der Waals surface area contributed by atoms with E-state index in [1.54, 1.807) is 0 Å². The molecule has 0 aliphatic carbocycles. The Kier molecular flexibility index (Phi) is 3.50. The molecule has 2 unspecified atom stereocenters. The van der Waals surface area contributed by atoms with Crippen molar-refractivity contribution in [3.8, 4) is 0 Å². The number of piperidine rings is 1. The highest BCUT2D eigenvalue weighted by Gasteiger charge is 2.32. The molecule has 6 heteroatoms. The number of rotatable bonds is 2. The number of amides is 1. The van der Waals surface area contributed by atoms with E-state index in [1.165, 1.54) is 6.20 Å². The summed E-state index contributed by atoms with van der Waals surface area (Å²) in [5, 5.41) is 0. The van der Waals surface area contributed by atoms with Gasteiger partial charge < -0.3 is 10.6 Å². The molecule has 88 valence electrons. The summed E-state index contributed by atoms with van der Waals surface area (Å²) in [7, 11) is 0. The molecule has 1 saturated heterocycles. The van der Waals surface area contributed by atoms with Crippen LogP contribution in [0.15, 0.2) is 6.20 Å². The second-order valence-corrected chi connectivity index (χ2v) is 4.77. The summed E-state index contributed by atoms with van der Waals surface area (Å²) in [6.07, 6.45) is 3.71. The average Bonchev–Trinajstić information content (AvgIpc) is 2.81. The van der Waals surface area contributed by atoms with Gasteiger partial charge in [0, 0.05) is 19.1 Å². The molecule has 1 amide bonds. The van der Waals surface area contributed by atoms with Gasteiger partial charge in [-0.05, 0) is 18.8 Å². The van der Waals surface area contributed by atoms with Crippen LogP contribution in [-0.4, -0.2) is 38.7 Å². The Labute approximate surface area is 99.0 Å². The Morgan fingerprint density at radius 3 is 3.19 bits per heavy atom. The molecule has 1 aromatic rings. The van der Waals surface area contributed by atoms with Crippen LogP contribution in [0, 0.1) is 5.92 Å². The summed E-state index contributed by atoms with van der Waals surface area (Å²) in [6, 6.07) is 0.142. The third-order valence-corrected chi connectivity index (χ3v) is 3.68. The van der Waals surface area contributed by atoms with Crippen molar-refractivity contribution in [1.29, 1.82) is 0 Å². The van der Waals surface area contributed by atoms with Crippen LogP contribution in [0.25, 0.3) is 0 Å². The van der Waals surface area contributed by atoms with E-state index in [0.717, 1.165) is 31.1 Å². The molecule has 2 rings (SSSR count). The molecule has 1 fully saturated rings. The molecule has 2 heterocycles. The third-order valence-electron chi connectivity index (χ3n) is 3.20. The van der Waals surface area contributed by atoms with Gasteiger partial charge in [0.1, 0.15) is 0 Å². The Hall–Kier alpha value is -1.01. The SMILES string of the molecule is CC1CCCN(C(=O)c2cnsn2)C1CN. The average molecular weight is 240 g/mol. The van der Waals surface area contributed by atoms with Crippen LogP contribution in [0.4, 0.5) is 0 Å². The van der Waals surface area contributed by atoms with Gasteiger partial charge in [-0.2, -0.15) is 8.75 Å². The van der Waals surface area contributed by atoms with Gasteiger partial charge in [-0.15, -0.1) is 0 Å². The van der Waals surface area contributed by atoms with Crippen LogP contribution in [0.5, 0.6) is 0 Å². The Morgan fingerprint density at radius 2 is 2.56 bits per heavy atom. The first-order chi connectivity index (χ1) is 7.74. The fourth-order valence-electron chi connectivity index (χ4n) is 2.27. The Bertz CT molecular complexity index is 354. The predicted molar refractivity (Wildman–Crippen MR) is 62.2 cm³/mol. The molecule has 0 saturated carbocycles. The highest BCUT2D eigenvalue weighted by molar-refractivity contribution is 6.99. The van der Waals surface area contributed by atoms with Crippen LogP contribution >= 0.6 is 11.7 Å². The molecule has 2 atom stereocenters. The molecule has 2 N–H and O–H groups in total. The van der Waals surface area contributed by atoms with Gasteiger partial charge in [0.05, 0.1) is 17.9 Å². The summed E-state index contributed by atoms with van der Waals surface area (Å²) in [5.41, 5.74) is 6.19. The van der Waals surface area contributed by atoms with Crippen LogP contribution in [0.1, 0.15) is 30.3 Å². The van der Waals surface area contributed by atoms with Crippen molar-refractivity contribution in [3.63, 3.8) is 0 Å². The first-order valence-electron chi connectivity index (χ1n) is 5.52. The van der Waals surface area contributed by atoms with Crippen LogP contribution in [0.3, 0.4) is 0 Å². The number of aromatic nitrogens is 2. The lowest BCUT2D eigenvalue weighted by molar-refractivity contribution is 0.0527. The number of nitrogens with two attached hydrogens (primary N) is 1. The summed E-state index contributed by atoms with van der Waals surface area (Å²) in [5.74, 6) is 0.435. The molecule has 0 aromatic carbocycles. The standard InChI is InChI=1S/C10H16N4OS/c1-7-3-2-4-14(9(7)5-11)10(15)8-6-12-16-13-8/h6-7,9H,2-5,11H2,1H3. The molecule has 0 radical (unpaired) electrons. The molecular formula is C10H16N4OS. The largest absolute Gasteiger partial charge is 0.333 e. The van der Waals surface area contributed by atoms with E-state index in [1.807, 2.05) is 4.90 Å². The zero-order chi connectivity index (χ0) is 11.5. The first-order valence-corrected chi connectivity index (χ1v) is 6.25. The number of hydrogen-bond acceptors (Lipinski definition) is 5.